The zero-order valence-electron chi connectivity index (χ0n) is 11.5. The van der Waals surface area contributed by atoms with E-state index in [1.54, 1.807) is 0 Å². The molecule has 0 heterocycles. The van der Waals surface area contributed by atoms with Crippen LogP contribution in [0.2, 0.25) is 19.6 Å². The molecule has 0 bridgehead atoms. The topological polar surface area (TPSA) is 24.5 Å². The van der Waals surface area contributed by atoms with E-state index in [1.165, 1.54) is 5.56 Å². The average molecular weight is 252 g/mol. The van der Waals surface area contributed by atoms with Crippen LogP contribution in [0.25, 0.3) is 0 Å². The van der Waals surface area contributed by atoms with E-state index in [2.05, 4.69) is 49.3 Å². The van der Waals surface area contributed by atoms with Crippen LogP contribution in [0.3, 0.4) is 0 Å². The van der Waals surface area contributed by atoms with Crippen LogP contribution in [0.4, 0.5) is 0 Å². The largest absolute Gasteiger partial charge is 0.401 e. The minimum absolute atomic E-state index is 0.0547. The molecule has 0 aliphatic carbocycles. The van der Waals surface area contributed by atoms with Crippen molar-refractivity contribution in [1.29, 1.82) is 0 Å². The molecule has 0 saturated carbocycles. The highest BCUT2D eigenvalue weighted by molar-refractivity contribution is 6.69. The van der Waals surface area contributed by atoms with Crippen molar-refractivity contribution >= 4 is 8.32 Å². The molecule has 1 rings (SSSR count). The maximum Gasteiger partial charge on any atom is 0.185 e. The number of hydrogen-bond donors (Lipinski definition) is 1. The third-order valence-corrected chi connectivity index (χ3v) is 3.15. The molecule has 1 N–H and O–H groups in total. The molecule has 96 valence electrons. The Kier molecular flexibility index (Phi) is 5.33. The lowest BCUT2D eigenvalue weighted by molar-refractivity contribution is 0.0787. The van der Waals surface area contributed by atoms with Crippen molar-refractivity contribution in [2.45, 2.75) is 32.3 Å². The van der Waals surface area contributed by atoms with Gasteiger partial charge in [-0.2, -0.15) is 0 Å². The quantitative estimate of drug-likeness (QED) is 0.478. The normalized spacial score (nSPS) is 14.0. The summed E-state index contributed by atoms with van der Waals surface area (Å²) < 4.78 is 6.14. The van der Waals surface area contributed by atoms with Gasteiger partial charge in [0.05, 0.1) is 0 Å². The van der Waals surface area contributed by atoms with Crippen LogP contribution in [-0.4, -0.2) is 33.6 Å². The van der Waals surface area contributed by atoms with Gasteiger partial charge in [0.15, 0.2) is 8.32 Å². The zero-order valence-corrected chi connectivity index (χ0v) is 12.5. The van der Waals surface area contributed by atoms with Gasteiger partial charge >= 0.3 is 0 Å². The number of nitrogens with zero attached hydrogens (tertiary/aromatic N) is 1. The second-order valence-corrected chi connectivity index (χ2v) is 9.89. The lowest BCUT2D eigenvalue weighted by Crippen LogP contribution is -2.47. The summed E-state index contributed by atoms with van der Waals surface area (Å²) in [6.45, 7) is 6.63. The molecule has 0 aliphatic heterocycles. The summed E-state index contributed by atoms with van der Waals surface area (Å²) in [6, 6.07) is 10.4. The standard InChI is InChI=1S/C13H24N2OSi/c1-15(2)14-13(16-17(3,4)5)11-12-9-7-6-8-10-12/h6-10,13-14H,11H2,1-5H3. The van der Waals surface area contributed by atoms with Crippen LogP contribution in [0.5, 0.6) is 0 Å². The van der Waals surface area contributed by atoms with Crippen molar-refractivity contribution in [3.05, 3.63) is 35.9 Å². The van der Waals surface area contributed by atoms with Gasteiger partial charge < -0.3 is 4.43 Å². The Hall–Kier alpha value is -0.683. The van der Waals surface area contributed by atoms with Gasteiger partial charge in [0.25, 0.3) is 0 Å². The molecule has 0 radical (unpaired) electrons. The molecular formula is C13H24N2OSi. The fourth-order valence-electron chi connectivity index (χ4n) is 1.66. The SMILES string of the molecule is CN(C)NC(Cc1ccccc1)O[Si](C)(C)C. The number of benzene rings is 1. The second-order valence-electron chi connectivity index (χ2n) is 5.43. The van der Waals surface area contributed by atoms with Crippen molar-refractivity contribution in [3.8, 4) is 0 Å². The van der Waals surface area contributed by atoms with Gasteiger partial charge in [-0.3, -0.25) is 0 Å². The van der Waals surface area contributed by atoms with Crippen molar-refractivity contribution in [3.63, 3.8) is 0 Å². The Morgan fingerprint density at radius 3 is 2.24 bits per heavy atom. The van der Waals surface area contributed by atoms with E-state index in [4.69, 9.17) is 4.43 Å². The van der Waals surface area contributed by atoms with Gasteiger partial charge in [-0.1, -0.05) is 30.3 Å². The van der Waals surface area contributed by atoms with E-state index in [-0.39, 0.29) is 6.23 Å². The maximum atomic E-state index is 6.14. The first-order valence-electron chi connectivity index (χ1n) is 6.02. The number of rotatable bonds is 6. The fraction of sp³-hybridized carbons (Fsp3) is 0.538. The monoisotopic (exact) mass is 252 g/mol. The molecule has 0 aromatic heterocycles. The maximum absolute atomic E-state index is 6.14. The van der Waals surface area contributed by atoms with E-state index in [0.717, 1.165) is 6.42 Å². The summed E-state index contributed by atoms with van der Waals surface area (Å²) in [5.41, 5.74) is 4.63. The molecule has 0 aliphatic rings. The van der Waals surface area contributed by atoms with Crippen LogP contribution < -0.4 is 5.43 Å². The fourth-order valence-corrected chi connectivity index (χ4v) is 2.65. The first-order chi connectivity index (χ1) is 7.87. The van der Waals surface area contributed by atoms with Crippen molar-refractivity contribution in [2.24, 2.45) is 0 Å². The van der Waals surface area contributed by atoms with Crippen molar-refractivity contribution in [2.75, 3.05) is 14.1 Å². The smallest absolute Gasteiger partial charge is 0.185 e. The average Bonchev–Trinajstić information content (AvgIpc) is 2.15. The summed E-state index contributed by atoms with van der Waals surface area (Å²) >= 11 is 0. The van der Waals surface area contributed by atoms with Gasteiger partial charge in [-0.25, -0.2) is 10.4 Å². The van der Waals surface area contributed by atoms with Crippen molar-refractivity contribution in [1.82, 2.24) is 10.4 Å². The Balaban J connectivity index is 2.64. The predicted molar refractivity (Wildman–Crippen MR) is 75.2 cm³/mol. The Morgan fingerprint density at radius 1 is 1.18 bits per heavy atom. The third kappa shape index (κ3) is 6.58. The summed E-state index contributed by atoms with van der Waals surface area (Å²) in [7, 11) is 2.45. The van der Waals surface area contributed by atoms with Gasteiger partial charge in [-0.15, -0.1) is 0 Å². The van der Waals surface area contributed by atoms with E-state index in [0.29, 0.717) is 0 Å². The lowest BCUT2D eigenvalue weighted by atomic mass is 10.1. The molecule has 0 amide bonds. The van der Waals surface area contributed by atoms with Gasteiger partial charge in [0, 0.05) is 20.5 Å². The molecule has 1 unspecified atom stereocenters. The zero-order chi connectivity index (χ0) is 12.9. The van der Waals surface area contributed by atoms with Crippen LogP contribution in [0.15, 0.2) is 30.3 Å². The van der Waals surface area contributed by atoms with E-state index in [1.807, 2.05) is 25.2 Å². The molecule has 0 spiro atoms. The highest BCUT2D eigenvalue weighted by Gasteiger charge is 2.21. The minimum atomic E-state index is -1.53. The van der Waals surface area contributed by atoms with Crippen LogP contribution >= 0.6 is 0 Å². The van der Waals surface area contributed by atoms with Crippen LogP contribution in [-0.2, 0) is 10.8 Å². The molecule has 0 fully saturated rings. The number of hydrogen-bond acceptors (Lipinski definition) is 3. The van der Waals surface area contributed by atoms with Crippen LogP contribution in [0.1, 0.15) is 5.56 Å². The van der Waals surface area contributed by atoms with Gasteiger partial charge in [0.1, 0.15) is 6.23 Å². The molecule has 1 atom stereocenters. The van der Waals surface area contributed by atoms with Crippen molar-refractivity contribution < 1.29 is 4.43 Å². The predicted octanol–water partition coefficient (Wildman–Crippen LogP) is 2.47. The number of nitrogens with one attached hydrogen (secondary N) is 1. The molecule has 1 aromatic carbocycles. The highest BCUT2D eigenvalue weighted by atomic mass is 28.4. The molecular weight excluding hydrogens is 228 g/mol. The summed E-state index contributed by atoms with van der Waals surface area (Å²) in [4.78, 5) is 0. The third-order valence-electron chi connectivity index (χ3n) is 2.16. The highest BCUT2D eigenvalue weighted by Crippen LogP contribution is 2.11. The van der Waals surface area contributed by atoms with E-state index in [9.17, 15) is 0 Å². The van der Waals surface area contributed by atoms with E-state index >= 15 is 0 Å². The molecule has 17 heavy (non-hydrogen) atoms. The Labute approximate surface area is 106 Å². The van der Waals surface area contributed by atoms with Gasteiger partial charge in [0.2, 0.25) is 0 Å². The Bertz CT molecular complexity index is 322. The summed E-state index contributed by atoms with van der Waals surface area (Å²) in [5.74, 6) is 0. The lowest BCUT2D eigenvalue weighted by Gasteiger charge is -2.29. The molecule has 1 aromatic rings. The second kappa shape index (κ2) is 6.30. The molecule has 0 saturated heterocycles. The van der Waals surface area contributed by atoms with Crippen LogP contribution in [0, 0.1) is 0 Å². The summed E-state index contributed by atoms with van der Waals surface area (Å²) in [5, 5.41) is 1.95. The van der Waals surface area contributed by atoms with E-state index < -0.39 is 8.32 Å². The first kappa shape index (κ1) is 14.4. The number of hydrazine groups is 1. The minimum Gasteiger partial charge on any atom is -0.401 e. The molecule has 3 nitrogen and oxygen atoms in total. The molecule has 4 heteroatoms. The summed E-state index contributed by atoms with van der Waals surface area (Å²) in [6.07, 6.45) is 0.947. The first-order valence-corrected chi connectivity index (χ1v) is 9.43. The van der Waals surface area contributed by atoms with Gasteiger partial charge in [-0.05, 0) is 25.2 Å². The Morgan fingerprint density at radius 2 is 1.76 bits per heavy atom.